The van der Waals surface area contributed by atoms with Crippen LogP contribution < -0.4 is 4.90 Å². The van der Waals surface area contributed by atoms with Crippen LogP contribution >= 0.6 is 0 Å². The molecule has 0 spiro atoms. The average molecular weight is 298 g/mol. The van der Waals surface area contributed by atoms with Crippen LogP contribution in [0, 0.1) is 11.6 Å². The highest BCUT2D eigenvalue weighted by Gasteiger charge is 2.25. The molecule has 0 saturated carbocycles. The largest absolute Gasteiger partial charge is 0.378 e. The summed E-state index contributed by atoms with van der Waals surface area (Å²) >= 11 is 0. The van der Waals surface area contributed by atoms with Crippen LogP contribution in [0.15, 0.2) is 18.2 Å². The molecule has 1 aliphatic heterocycles. The van der Waals surface area contributed by atoms with Gasteiger partial charge in [-0.3, -0.25) is 14.5 Å². The number of morpholine rings is 1. The Morgan fingerprint density at radius 2 is 1.81 bits per heavy atom. The lowest BCUT2D eigenvalue weighted by atomic mass is 10.2. The van der Waals surface area contributed by atoms with Crippen molar-refractivity contribution >= 4 is 17.5 Å². The second kappa shape index (κ2) is 6.62. The fraction of sp³-hybridized carbons (Fsp3) is 0.429. The maximum Gasteiger partial charge on any atom is 0.242 e. The predicted octanol–water partition coefficient (Wildman–Crippen LogP) is 1.18. The second-order valence-corrected chi connectivity index (χ2v) is 4.67. The summed E-state index contributed by atoms with van der Waals surface area (Å²) in [5.41, 5.74) is -0.494. The van der Waals surface area contributed by atoms with Crippen LogP contribution in [-0.4, -0.2) is 49.6 Å². The molecule has 1 heterocycles. The van der Waals surface area contributed by atoms with E-state index in [9.17, 15) is 18.4 Å². The summed E-state index contributed by atoms with van der Waals surface area (Å²) in [7, 11) is 0. The van der Waals surface area contributed by atoms with E-state index in [-0.39, 0.29) is 5.91 Å². The first kappa shape index (κ1) is 15.4. The van der Waals surface area contributed by atoms with Gasteiger partial charge < -0.3 is 9.64 Å². The number of nitrogens with zero attached hydrogens (tertiary/aromatic N) is 2. The number of rotatable bonds is 3. The number of hydrogen-bond acceptors (Lipinski definition) is 3. The number of amides is 2. The van der Waals surface area contributed by atoms with E-state index in [1.807, 2.05) is 0 Å². The van der Waals surface area contributed by atoms with Crippen LogP contribution in [-0.2, 0) is 14.3 Å². The number of benzene rings is 1. The lowest BCUT2D eigenvalue weighted by Gasteiger charge is -2.29. The number of carbonyl (C=O) groups is 2. The van der Waals surface area contributed by atoms with Crippen LogP contribution in [0.5, 0.6) is 0 Å². The van der Waals surface area contributed by atoms with Crippen molar-refractivity contribution in [2.24, 2.45) is 0 Å². The van der Waals surface area contributed by atoms with Crippen molar-refractivity contribution in [2.75, 3.05) is 37.7 Å². The Labute approximate surface area is 121 Å². The summed E-state index contributed by atoms with van der Waals surface area (Å²) in [6.07, 6.45) is 0. The molecule has 0 aliphatic carbocycles. The van der Waals surface area contributed by atoms with Gasteiger partial charge in [-0.1, -0.05) is 6.07 Å². The molecule has 2 rings (SSSR count). The third kappa shape index (κ3) is 3.55. The van der Waals surface area contributed by atoms with Gasteiger partial charge in [0, 0.05) is 20.0 Å². The number of anilines is 1. The van der Waals surface area contributed by atoms with Gasteiger partial charge in [-0.05, 0) is 12.1 Å². The van der Waals surface area contributed by atoms with Gasteiger partial charge in [-0.2, -0.15) is 0 Å². The predicted molar refractivity (Wildman–Crippen MR) is 71.8 cm³/mol. The first-order chi connectivity index (χ1) is 10.0. The zero-order chi connectivity index (χ0) is 15.4. The van der Waals surface area contributed by atoms with Crippen LogP contribution in [0.1, 0.15) is 6.92 Å². The first-order valence-electron chi connectivity index (χ1n) is 6.58. The fourth-order valence-electron chi connectivity index (χ4n) is 2.14. The van der Waals surface area contributed by atoms with Crippen molar-refractivity contribution in [3.63, 3.8) is 0 Å². The molecular weight excluding hydrogens is 282 g/mol. The lowest BCUT2D eigenvalue weighted by molar-refractivity contribution is -0.134. The summed E-state index contributed by atoms with van der Waals surface area (Å²) in [5, 5.41) is 0. The smallest absolute Gasteiger partial charge is 0.242 e. The molecule has 1 aromatic carbocycles. The molecule has 2 amide bonds. The van der Waals surface area contributed by atoms with Gasteiger partial charge in [0.05, 0.1) is 13.2 Å². The Morgan fingerprint density at radius 1 is 1.24 bits per heavy atom. The third-order valence-corrected chi connectivity index (χ3v) is 3.24. The van der Waals surface area contributed by atoms with Crippen molar-refractivity contribution in [3.8, 4) is 0 Å². The zero-order valence-electron chi connectivity index (χ0n) is 11.6. The molecule has 21 heavy (non-hydrogen) atoms. The molecule has 114 valence electrons. The molecule has 1 fully saturated rings. The molecule has 5 nitrogen and oxygen atoms in total. The van der Waals surface area contributed by atoms with Gasteiger partial charge in [0.2, 0.25) is 11.8 Å². The van der Waals surface area contributed by atoms with E-state index in [2.05, 4.69) is 0 Å². The lowest BCUT2D eigenvalue weighted by Crippen LogP contribution is -2.47. The minimum absolute atomic E-state index is 0.365. The number of hydrogen-bond donors (Lipinski definition) is 0. The number of para-hydroxylation sites is 1. The minimum atomic E-state index is -0.875. The van der Waals surface area contributed by atoms with Crippen molar-refractivity contribution < 1.29 is 23.1 Å². The molecule has 0 aromatic heterocycles. The first-order valence-corrected chi connectivity index (χ1v) is 6.58. The molecule has 1 aromatic rings. The summed E-state index contributed by atoms with van der Waals surface area (Å²) in [6.45, 7) is 2.42. The SMILES string of the molecule is CC(=O)N(CC(=O)N1CCOCC1)c1c(F)cccc1F. The Hall–Kier alpha value is -2.02. The highest BCUT2D eigenvalue weighted by molar-refractivity contribution is 5.97. The Kier molecular flexibility index (Phi) is 4.85. The van der Waals surface area contributed by atoms with Crippen molar-refractivity contribution in [1.82, 2.24) is 4.90 Å². The van der Waals surface area contributed by atoms with Crippen LogP contribution in [0.2, 0.25) is 0 Å². The third-order valence-electron chi connectivity index (χ3n) is 3.24. The van der Waals surface area contributed by atoms with E-state index in [0.717, 1.165) is 17.0 Å². The fourth-order valence-corrected chi connectivity index (χ4v) is 2.14. The Balaban J connectivity index is 2.20. The van der Waals surface area contributed by atoms with Crippen molar-refractivity contribution in [2.45, 2.75) is 6.92 Å². The van der Waals surface area contributed by atoms with Gasteiger partial charge in [-0.15, -0.1) is 0 Å². The molecule has 0 atom stereocenters. The van der Waals surface area contributed by atoms with Crippen LogP contribution in [0.25, 0.3) is 0 Å². The molecule has 7 heteroatoms. The Morgan fingerprint density at radius 3 is 2.33 bits per heavy atom. The van der Waals surface area contributed by atoms with Crippen LogP contribution in [0.4, 0.5) is 14.5 Å². The topological polar surface area (TPSA) is 49.9 Å². The molecule has 0 radical (unpaired) electrons. The van der Waals surface area contributed by atoms with Gasteiger partial charge in [0.25, 0.3) is 0 Å². The maximum atomic E-state index is 13.8. The zero-order valence-corrected chi connectivity index (χ0v) is 11.6. The standard InChI is InChI=1S/C14H16F2N2O3/c1-10(19)18(14-11(15)3-2-4-12(14)16)9-13(20)17-5-7-21-8-6-17/h2-4H,5-9H2,1H3. The highest BCUT2D eigenvalue weighted by atomic mass is 19.1. The molecular formula is C14H16F2N2O3. The van der Waals surface area contributed by atoms with E-state index in [4.69, 9.17) is 4.74 Å². The average Bonchev–Trinajstić information content (AvgIpc) is 2.46. The van der Waals surface area contributed by atoms with Gasteiger partial charge in [-0.25, -0.2) is 8.78 Å². The van der Waals surface area contributed by atoms with Gasteiger partial charge in [0.15, 0.2) is 0 Å². The van der Waals surface area contributed by atoms with Crippen LogP contribution in [0.3, 0.4) is 0 Å². The van der Waals surface area contributed by atoms with Gasteiger partial charge in [0.1, 0.15) is 23.9 Å². The minimum Gasteiger partial charge on any atom is -0.378 e. The summed E-state index contributed by atoms with van der Waals surface area (Å²) < 4.78 is 32.7. The summed E-state index contributed by atoms with van der Waals surface area (Å²) in [4.78, 5) is 26.1. The molecule has 0 unspecified atom stereocenters. The second-order valence-electron chi connectivity index (χ2n) is 4.67. The number of ether oxygens (including phenoxy) is 1. The number of halogens is 2. The monoisotopic (exact) mass is 298 g/mol. The van der Waals surface area contributed by atoms with E-state index in [1.54, 1.807) is 0 Å². The van der Waals surface area contributed by atoms with E-state index < -0.39 is 29.8 Å². The molecule has 0 bridgehead atoms. The summed E-state index contributed by atoms with van der Waals surface area (Å²) in [6, 6.07) is 3.30. The quantitative estimate of drug-likeness (QED) is 0.842. The molecule has 0 N–H and O–H groups in total. The maximum absolute atomic E-state index is 13.8. The highest BCUT2D eigenvalue weighted by Crippen LogP contribution is 2.23. The van der Waals surface area contributed by atoms with Crippen molar-refractivity contribution in [3.05, 3.63) is 29.8 Å². The molecule has 1 aliphatic rings. The summed E-state index contributed by atoms with van der Waals surface area (Å²) in [5.74, 6) is -2.71. The van der Waals surface area contributed by atoms with E-state index in [0.29, 0.717) is 26.3 Å². The Bertz CT molecular complexity index is 525. The van der Waals surface area contributed by atoms with Crippen molar-refractivity contribution in [1.29, 1.82) is 0 Å². The molecule has 1 saturated heterocycles. The van der Waals surface area contributed by atoms with E-state index in [1.165, 1.54) is 17.9 Å². The van der Waals surface area contributed by atoms with Gasteiger partial charge >= 0.3 is 0 Å². The van der Waals surface area contributed by atoms with E-state index >= 15 is 0 Å². The number of carbonyl (C=O) groups excluding carboxylic acids is 2. The normalized spacial score (nSPS) is 14.9.